The van der Waals surface area contributed by atoms with E-state index in [1.54, 1.807) is 41.1 Å². The van der Waals surface area contributed by atoms with Gasteiger partial charge in [-0.2, -0.15) is 0 Å². The number of hydrogen-bond donors (Lipinski definition) is 2. The Bertz CT molecular complexity index is 472. The van der Waals surface area contributed by atoms with Crippen molar-refractivity contribution in [2.45, 2.75) is 6.04 Å². The number of urea groups is 1. The van der Waals surface area contributed by atoms with Crippen LogP contribution < -0.4 is 10.6 Å². The first kappa shape index (κ1) is 12.4. The summed E-state index contributed by atoms with van der Waals surface area (Å²) in [6.45, 7) is 1.33. The Morgan fingerprint density at radius 3 is 2.39 bits per heavy atom. The normalized spacial score (nSPS) is 17.1. The van der Waals surface area contributed by atoms with Gasteiger partial charge in [-0.3, -0.25) is 9.69 Å². The first-order chi connectivity index (χ1) is 8.50. The molecule has 0 aliphatic carbocycles. The molecular formula is C12H15N3O3. The van der Waals surface area contributed by atoms with E-state index in [9.17, 15) is 9.59 Å². The minimum absolute atomic E-state index is 0.0507. The second kappa shape index (κ2) is 4.66. The predicted molar refractivity (Wildman–Crippen MR) is 66.4 cm³/mol. The lowest BCUT2D eigenvalue weighted by atomic mass is 10.1. The van der Waals surface area contributed by atoms with Gasteiger partial charge in [0.05, 0.1) is 0 Å². The number of nitrogens with two attached hydrogens (primary N) is 1. The lowest BCUT2D eigenvalue weighted by Gasteiger charge is -2.16. The van der Waals surface area contributed by atoms with E-state index in [4.69, 9.17) is 10.8 Å². The van der Waals surface area contributed by atoms with Gasteiger partial charge in [0.15, 0.2) is 0 Å². The summed E-state index contributed by atoms with van der Waals surface area (Å²) in [6, 6.07) is 5.63. The molecule has 6 heteroatoms. The quantitative estimate of drug-likeness (QED) is 0.823. The molecule has 1 unspecified atom stereocenters. The number of aliphatic carboxylic acids is 1. The molecule has 0 radical (unpaired) electrons. The first-order valence-electron chi connectivity index (χ1n) is 5.61. The van der Waals surface area contributed by atoms with Gasteiger partial charge in [0, 0.05) is 25.8 Å². The number of carboxylic acid groups (broad SMARTS) is 1. The number of carbonyl (C=O) groups excluding carboxylic acids is 1. The molecule has 1 atom stereocenters. The maximum Gasteiger partial charge on any atom is 0.325 e. The largest absolute Gasteiger partial charge is 0.480 e. The Hall–Kier alpha value is -2.08. The summed E-state index contributed by atoms with van der Waals surface area (Å²) in [7, 11) is 1.75. The smallest absolute Gasteiger partial charge is 0.325 e. The molecular weight excluding hydrogens is 234 g/mol. The van der Waals surface area contributed by atoms with E-state index >= 15 is 0 Å². The molecule has 1 aromatic carbocycles. The predicted octanol–water partition coefficient (Wildman–Crippen LogP) is 0.643. The molecule has 0 spiro atoms. The van der Waals surface area contributed by atoms with E-state index in [1.165, 1.54) is 0 Å². The molecule has 1 fully saturated rings. The third kappa shape index (κ3) is 2.14. The summed E-state index contributed by atoms with van der Waals surface area (Å²) < 4.78 is 0. The van der Waals surface area contributed by atoms with Crippen molar-refractivity contribution in [3.05, 3.63) is 29.8 Å². The molecule has 1 heterocycles. The van der Waals surface area contributed by atoms with Crippen molar-refractivity contribution in [3.8, 4) is 0 Å². The standard InChI is InChI=1S/C12H15N3O3/c1-14-6-7-15(12(14)18)9-4-2-8(3-5-9)10(13)11(16)17/h2-5,10H,6-7,13H2,1H3,(H,16,17). The average Bonchev–Trinajstić information content (AvgIpc) is 2.69. The van der Waals surface area contributed by atoms with Crippen LogP contribution in [0.1, 0.15) is 11.6 Å². The molecule has 1 aromatic rings. The summed E-state index contributed by atoms with van der Waals surface area (Å²) in [5.74, 6) is -1.07. The Morgan fingerprint density at radius 2 is 1.94 bits per heavy atom. The molecule has 1 saturated heterocycles. The van der Waals surface area contributed by atoms with Crippen LogP contribution in [0.5, 0.6) is 0 Å². The van der Waals surface area contributed by atoms with Gasteiger partial charge in [0.25, 0.3) is 0 Å². The highest BCUT2D eigenvalue weighted by Crippen LogP contribution is 2.21. The van der Waals surface area contributed by atoms with Crippen LogP contribution in [0, 0.1) is 0 Å². The maximum atomic E-state index is 11.8. The number of carboxylic acids is 1. The van der Waals surface area contributed by atoms with Gasteiger partial charge in [-0.05, 0) is 17.7 Å². The molecule has 1 aliphatic rings. The number of amides is 2. The van der Waals surface area contributed by atoms with Crippen molar-refractivity contribution in [3.63, 3.8) is 0 Å². The molecule has 3 N–H and O–H groups in total. The zero-order valence-electron chi connectivity index (χ0n) is 10.0. The lowest BCUT2D eigenvalue weighted by molar-refractivity contribution is -0.138. The van der Waals surface area contributed by atoms with Crippen molar-refractivity contribution >= 4 is 17.7 Å². The fourth-order valence-electron chi connectivity index (χ4n) is 1.89. The van der Waals surface area contributed by atoms with E-state index in [0.717, 1.165) is 5.69 Å². The van der Waals surface area contributed by atoms with E-state index in [0.29, 0.717) is 18.7 Å². The Morgan fingerprint density at radius 1 is 1.33 bits per heavy atom. The zero-order chi connectivity index (χ0) is 13.3. The van der Waals surface area contributed by atoms with Gasteiger partial charge in [-0.1, -0.05) is 12.1 Å². The van der Waals surface area contributed by atoms with Crippen molar-refractivity contribution < 1.29 is 14.7 Å². The number of hydrogen-bond acceptors (Lipinski definition) is 3. The third-order valence-corrected chi connectivity index (χ3v) is 3.05. The van der Waals surface area contributed by atoms with Gasteiger partial charge >= 0.3 is 12.0 Å². The molecule has 6 nitrogen and oxygen atoms in total. The Labute approximate surface area is 105 Å². The molecule has 1 aliphatic heterocycles. The molecule has 96 valence electrons. The number of rotatable bonds is 3. The second-order valence-corrected chi connectivity index (χ2v) is 4.26. The number of likely N-dealkylation sites (N-methyl/N-ethyl adjacent to an activating group) is 1. The number of benzene rings is 1. The topological polar surface area (TPSA) is 86.9 Å². The highest BCUT2D eigenvalue weighted by Gasteiger charge is 2.26. The first-order valence-corrected chi connectivity index (χ1v) is 5.61. The van der Waals surface area contributed by atoms with Crippen molar-refractivity contribution in [2.24, 2.45) is 5.73 Å². The molecule has 0 aromatic heterocycles. The van der Waals surface area contributed by atoms with E-state index in [2.05, 4.69) is 0 Å². The zero-order valence-corrected chi connectivity index (χ0v) is 10.0. The summed E-state index contributed by atoms with van der Waals surface area (Å²) in [6.07, 6.45) is 0. The molecule has 2 amide bonds. The van der Waals surface area contributed by atoms with Crippen LogP contribution in [-0.4, -0.2) is 42.1 Å². The van der Waals surface area contributed by atoms with Crippen molar-refractivity contribution in [2.75, 3.05) is 25.0 Å². The van der Waals surface area contributed by atoms with Crippen molar-refractivity contribution in [1.29, 1.82) is 0 Å². The Kier molecular flexibility index (Phi) is 3.20. The lowest BCUT2D eigenvalue weighted by Crippen LogP contribution is -2.29. The minimum atomic E-state index is -1.07. The Balaban J connectivity index is 2.18. The minimum Gasteiger partial charge on any atom is -0.480 e. The average molecular weight is 249 g/mol. The molecule has 18 heavy (non-hydrogen) atoms. The number of anilines is 1. The van der Waals surface area contributed by atoms with Gasteiger partial charge in [-0.15, -0.1) is 0 Å². The van der Waals surface area contributed by atoms with Crippen molar-refractivity contribution in [1.82, 2.24) is 4.90 Å². The van der Waals surface area contributed by atoms with Gasteiger partial charge in [0.1, 0.15) is 6.04 Å². The number of nitrogens with zero attached hydrogens (tertiary/aromatic N) is 2. The van der Waals surface area contributed by atoms with Crippen LogP contribution in [0.2, 0.25) is 0 Å². The highest BCUT2D eigenvalue weighted by atomic mass is 16.4. The summed E-state index contributed by atoms with van der Waals surface area (Å²) in [4.78, 5) is 25.8. The van der Waals surface area contributed by atoms with Crippen LogP contribution in [0.3, 0.4) is 0 Å². The van der Waals surface area contributed by atoms with Gasteiger partial charge in [-0.25, -0.2) is 4.79 Å². The molecule has 2 rings (SSSR count). The highest BCUT2D eigenvalue weighted by molar-refractivity contribution is 5.94. The SMILES string of the molecule is CN1CCN(c2ccc(C(N)C(=O)O)cc2)C1=O. The molecule has 0 bridgehead atoms. The number of carbonyl (C=O) groups is 2. The summed E-state index contributed by atoms with van der Waals surface area (Å²) in [5.41, 5.74) is 6.78. The summed E-state index contributed by atoms with van der Waals surface area (Å²) in [5, 5.41) is 8.80. The van der Waals surface area contributed by atoms with Crippen LogP contribution in [0.25, 0.3) is 0 Å². The van der Waals surface area contributed by atoms with E-state index in [1.807, 2.05) is 0 Å². The van der Waals surface area contributed by atoms with Gasteiger partial charge < -0.3 is 15.7 Å². The fourth-order valence-corrected chi connectivity index (χ4v) is 1.89. The fraction of sp³-hybridized carbons (Fsp3) is 0.333. The second-order valence-electron chi connectivity index (χ2n) is 4.26. The van der Waals surface area contributed by atoms with Gasteiger partial charge in [0.2, 0.25) is 0 Å². The van der Waals surface area contributed by atoms with E-state index in [-0.39, 0.29) is 6.03 Å². The van der Waals surface area contributed by atoms with E-state index < -0.39 is 12.0 Å². The maximum absolute atomic E-state index is 11.8. The van der Waals surface area contributed by atoms with Crippen LogP contribution >= 0.6 is 0 Å². The monoisotopic (exact) mass is 249 g/mol. The third-order valence-electron chi connectivity index (χ3n) is 3.05. The van der Waals surface area contributed by atoms with Crippen LogP contribution in [-0.2, 0) is 4.79 Å². The summed E-state index contributed by atoms with van der Waals surface area (Å²) >= 11 is 0. The molecule has 0 saturated carbocycles. The van der Waals surface area contributed by atoms with Crippen LogP contribution in [0.4, 0.5) is 10.5 Å². The van der Waals surface area contributed by atoms with Crippen LogP contribution in [0.15, 0.2) is 24.3 Å².